The molecule has 2 atom stereocenters. The highest BCUT2D eigenvalue weighted by atomic mass is 16.5. The van der Waals surface area contributed by atoms with Gasteiger partial charge in [-0.3, -0.25) is 14.5 Å². The molecule has 0 aliphatic carbocycles. The number of carbonyl (C=O) groups is 1. The van der Waals surface area contributed by atoms with Gasteiger partial charge in [-0.25, -0.2) is 0 Å². The van der Waals surface area contributed by atoms with Crippen molar-refractivity contribution in [2.45, 2.75) is 31.8 Å². The number of nitrogens with zero attached hydrogens (tertiary/aromatic N) is 5. The molecule has 0 N–H and O–H groups in total. The van der Waals surface area contributed by atoms with Crippen molar-refractivity contribution < 1.29 is 9.53 Å². The summed E-state index contributed by atoms with van der Waals surface area (Å²) in [6.07, 6.45) is 5.10. The van der Waals surface area contributed by atoms with Gasteiger partial charge < -0.3 is 14.2 Å². The summed E-state index contributed by atoms with van der Waals surface area (Å²) in [6.45, 7) is 6.04. The number of piperidine rings is 1. The number of rotatable bonds is 3. The van der Waals surface area contributed by atoms with Crippen molar-refractivity contribution in [3.8, 4) is 0 Å². The van der Waals surface area contributed by atoms with Crippen LogP contribution in [0.4, 0.5) is 0 Å². The number of ether oxygens (including phenoxy) is 1. The molecular weight excluding hydrogens is 382 g/mol. The minimum absolute atomic E-state index is 0.00426. The standard InChI is InChI=1S/C22H27N5O3/c28-21(17-4-5-23-24-11-17)26-12-16-10-19(15-26)20-3-2-18(22(29)27(20)13-16)14-25-6-1-8-30-9-7-25/h2-5,11,16,19H,1,6-10,12-15H2/t16-,19+/m0/s1. The second kappa shape index (κ2) is 8.28. The van der Waals surface area contributed by atoms with Crippen molar-refractivity contribution >= 4 is 5.91 Å². The van der Waals surface area contributed by atoms with Gasteiger partial charge >= 0.3 is 0 Å². The van der Waals surface area contributed by atoms with E-state index in [2.05, 4.69) is 21.2 Å². The molecule has 0 radical (unpaired) electrons. The third-order valence-corrected chi connectivity index (χ3v) is 6.51. The summed E-state index contributed by atoms with van der Waals surface area (Å²) in [4.78, 5) is 30.4. The normalized spacial score (nSPS) is 24.2. The fourth-order valence-electron chi connectivity index (χ4n) is 5.07. The quantitative estimate of drug-likeness (QED) is 0.756. The zero-order valence-electron chi connectivity index (χ0n) is 17.1. The van der Waals surface area contributed by atoms with E-state index in [1.54, 1.807) is 12.3 Å². The Morgan fingerprint density at radius 3 is 2.90 bits per heavy atom. The maximum absolute atomic E-state index is 13.3. The Hall–Kier alpha value is -2.58. The number of fused-ring (bicyclic) bond motifs is 4. The van der Waals surface area contributed by atoms with Crippen LogP contribution < -0.4 is 5.56 Å². The smallest absolute Gasteiger partial charge is 0.255 e. The lowest BCUT2D eigenvalue weighted by Crippen LogP contribution is -2.49. The Balaban J connectivity index is 1.36. The Morgan fingerprint density at radius 2 is 2.03 bits per heavy atom. The second-order valence-corrected chi connectivity index (χ2v) is 8.58. The average molecular weight is 409 g/mol. The highest BCUT2D eigenvalue weighted by Gasteiger charge is 2.37. The monoisotopic (exact) mass is 409 g/mol. The van der Waals surface area contributed by atoms with E-state index in [0.29, 0.717) is 37.7 Å². The largest absolute Gasteiger partial charge is 0.380 e. The Bertz CT molecular complexity index is 968. The summed E-state index contributed by atoms with van der Waals surface area (Å²) in [5.41, 5.74) is 2.62. The first-order chi connectivity index (χ1) is 14.7. The van der Waals surface area contributed by atoms with Gasteiger partial charge in [0.2, 0.25) is 0 Å². The van der Waals surface area contributed by atoms with Gasteiger partial charge in [0.25, 0.3) is 11.5 Å². The molecule has 2 saturated heterocycles. The van der Waals surface area contributed by atoms with E-state index in [-0.39, 0.29) is 17.4 Å². The molecule has 3 aliphatic rings. The van der Waals surface area contributed by atoms with E-state index >= 15 is 0 Å². The number of likely N-dealkylation sites (tertiary alicyclic amines) is 1. The van der Waals surface area contributed by atoms with Gasteiger partial charge in [0, 0.05) is 63.1 Å². The van der Waals surface area contributed by atoms with Crippen molar-refractivity contribution in [2.75, 3.05) is 39.4 Å². The van der Waals surface area contributed by atoms with Crippen LogP contribution in [0.5, 0.6) is 0 Å². The minimum atomic E-state index is -0.00426. The van der Waals surface area contributed by atoms with Gasteiger partial charge in [0.05, 0.1) is 24.6 Å². The summed E-state index contributed by atoms with van der Waals surface area (Å²) in [5.74, 6) is 0.495. The first kappa shape index (κ1) is 19.4. The molecule has 5 rings (SSSR count). The van der Waals surface area contributed by atoms with E-state index in [0.717, 1.165) is 50.4 Å². The molecule has 2 aromatic rings. The summed E-state index contributed by atoms with van der Waals surface area (Å²) >= 11 is 0. The Labute approximate surface area is 175 Å². The van der Waals surface area contributed by atoms with E-state index in [4.69, 9.17) is 4.74 Å². The number of pyridine rings is 1. The average Bonchev–Trinajstić information content (AvgIpc) is 3.05. The topological polar surface area (TPSA) is 80.6 Å². The van der Waals surface area contributed by atoms with E-state index in [9.17, 15) is 9.59 Å². The van der Waals surface area contributed by atoms with Gasteiger partial charge in [-0.2, -0.15) is 10.2 Å². The molecule has 1 amide bonds. The van der Waals surface area contributed by atoms with Crippen LogP contribution in [0, 0.1) is 5.92 Å². The number of amides is 1. The number of hydrogen-bond donors (Lipinski definition) is 0. The predicted molar refractivity (Wildman–Crippen MR) is 110 cm³/mol. The van der Waals surface area contributed by atoms with Crippen molar-refractivity contribution in [2.24, 2.45) is 5.92 Å². The van der Waals surface area contributed by atoms with Crippen LogP contribution in [-0.2, 0) is 17.8 Å². The van der Waals surface area contributed by atoms with E-state index < -0.39 is 0 Å². The van der Waals surface area contributed by atoms with Crippen LogP contribution in [-0.4, -0.2) is 69.9 Å². The molecule has 2 bridgehead atoms. The highest BCUT2D eigenvalue weighted by Crippen LogP contribution is 2.35. The molecule has 158 valence electrons. The summed E-state index contributed by atoms with van der Waals surface area (Å²) in [6, 6.07) is 5.81. The molecule has 3 aliphatic heterocycles. The number of aromatic nitrogens is 3. The molecule has 8 heteroatoms. The van der Waals surface area contributed by atoms with Crippen molar-refractivity contribution in [1.29, 1.82) is 0 Å². The molecular formula is C22H27N5O3. The van der Waals surface area contributed by atoms with Crippen molar-refractivity contribution in [1.82, 2.24) is 24.6 Å². The highest BCUT2D eigenvalue weighted by molar-refractivity contribution is 5.93. The molecule has 0 spiro atoms. The van der Waals surface area contributed by atoms with Gasteiger partial charge in [0.1, 0.15) is 0 Å². The number of carbonyl (C=O) groups excluding carboxylic acids is 1. The lowest BCUT2D eigenvalue weighted by molar-refractivity contribution is 0.0593. The fraction of sp³-hybridized carbons (Fsp3) is 0.545. The molecule has 30 heavy (non-hydrogen) atoms. The maximum Gasteiger partial charge on any atom is 0.255 e. The zero-order chi connectivity index (χ0) is 20.5. The van der Waals surface area contributed by atoms with Crippen LogP contribution in [0.15, 0.2) is 35.4 Å². The van der Waals surface area contributed by atoms with Gasteiger partial charge in [-0.15, -0.1) is 0 Å². The summed E-state index contributed by atoms with van der Waals surface area (Å²) < 4.78 is 7.50. The third kappa shape index (κ3) is 3.77. The van der Waals surface area contributed by atoms with Gasteiger partial charge in [0.15, 0.2) is 0 Å². The van der Waals surface area contributed by atoms with Crippen LogP contribution >= 0.6 is 0 Å². The van der Waals surface area contributed by atoms with E-state index in [1.165, 1.54) is 6.20 Å². The third-order valence-electron chi connectivity index (χ3n) is 6.51. The molecule has 2 fully saturated rings. The molecule has 0 unspecified atom stereocenters. The van der Waals surface area contributed by atoms with Gasteiger partial charge in [-0.1, -0.05) is 6.07 Å². The van der Waals surface area contributed by atoms with Crippen LogP contribution in [0.25, 0.3) is 0 Å². The zero-order valence-corrected chi connectivity index (χ0v) is 17.1. The lowest BCUT2D eigenvalue weighted by atomic mass is 9.82. The predicted octanol–water partition coefficient (Wildman–Crippen LogP) is 1.12. The molecule has 2 aromatic heterocycles. The fourth-order valence-corrected chi connectivity index (χ4v) is 5.07. The first-order valence-corrected chi connectivity index (χ1v) is 10.8. The van der Waals surface area contributed by atoms with Crippen LogP contribution in [0.1, 0.15) is 40.4 Å². The van der Waals surface area contributed by atoms with Crippen molar-refractivity contribution in [3.05, 3.63) is 57.8 Å². The molecule has 0 aromatic carbocycles. The minimum Gasteiger partial charge on any atom is -0.380 e. The van der Waals surface area contributed by atoms with E-state index in [1.807, 2.05) is 15.5 Å². The first-order valence-electron chi connectivity index (χ1n) is 10.8. The Morgan fingerprint density at radius 1 is 1.10 bits per heavy atom. The lowest BCUT2D eigenvalue weighted by Gasteiger charge is -2.43. The van der Waals surface area contributed by atoms with Gasteiger partial charge in [-0.05, 0) is 30.9 Å². The summed E-state index contributed by atoms with van der Waals surface area (Å²) in [7, 11) is 0. The Kier molecular flexibility index (Phi) is 5.35. The van der Waals surface area contributed by atoms with Crippen LogP contribution in [0.3, 0.4) is 0 Å². The second-order valence-electron chi connectivity index (χ2n) is 8.58. The van der Waals surface area contributed by atoms with Crippen molar-refractivity contribution in [3.63, 3.8) is 0 Å². The summed E-state index contributed by atoms with van der Waals surface area (Å²) in [5, 5.41) is 7.58. The number of hydrogen-bond acceptors (Lipinski definition) is 6. The molecule has 5 heterocycles. The SMILES string of the molecule is O=C(c1ccnnc1)N1C[C@@H]2C[C@H](C1)c1ccc(CN3CCCOCC3)c(=O)n1C2. The molecule has 0 saturated carbocycles. The maximum atomic E-state index is 13.3. The molecule has 8 nitrogen and oxygen atoms in total. The van der Waals surface area contributed by atoms with Crippen LogP contribution in [0.2, 0.25) is 0 Å².